The molecule has 3 aromatic rings. The third kappa shape index (κ3) is 2.79. The van der Waals surface area contributed by atoms with Gasteiger partial charge in [0.1, 0.15) is 5.82 Å². The van der Waals surface area contributed by atoms with Gasteiger partial charge in [-0.2, -0.15) is 0 Å². The Balaban J connectivity index is 1.79. The number of aryl methyl sites for hydroxylation is 1. The van der Waals surface area contributed by atoms with Crippen LogP contribution in [0.15, 0.2) is 48.7 Å². The number of carbonyl (C=O) groups excluding carboxylic acids is 1. The quantitative estimate of drug-likeness (QED) is 0.754. The van der Waals surface area contributed by atoms with Crippen LogP contribution in [0.2, 0.25) is 0 Å². The molecule has 1 aromatic heterocycles. The van der Waals surface area contributed by atoms with Gasteiger partial charge in [0.15, 0.2) is 0 Å². The summed E-state index contributed by atoms with van der Waals surface area (Å²) in [5, 5.41) is 3.79. The van der Waals surface area contributed by atoms with E-state index in [4.69, 9.17) is 0 Å². The van der Waals surface area contributed by atoms with E-state index in [2.05, 4.69) is 10.3 Å². The number of nitrogens with one attached hydrogen (secondary N) is 2. The number of para-hydroxylation sites is 1. The van der Waals surface area contributed by atoms with Crippen LogP contribution < -0.4 is 5.32 Å². The molecular formula is C17H15FN2O. The molecule has 106 valence electrons. The first-order valence-corrected chi connectivity index (χ1v) is 6.74. The third-order valence-electron chi connectivity index (χ3n) is 3.50. The molecule has 0 atom stereocenters. The van der Waals surface area contributed by atoms with Crippen LogP contribution in [0.25, 0.3) is 10.9 Å². The molecule has 0 fully saturated rings. The number of benzene rings is 2. The standard InChI is InChI=1S/C17H15FN2O/c1-11-6-7-13(18)9-16(11)20-17(21)8-12-10-19-15-5-3-2-4-14(12)15/h2-7,9-10,19H,8H2,1H3,(H,20,21). The molecule has 1 heterocycles. The Kier molecular flexibility index (Phi) is 3.44. The Bertz CT molecular complexity index is 807. The molecule has 0 saturated heterocycles. The molecule has 0 aliphatic carbocycles. The number of rotatable bonds is 3. The highest BCUT2D eigenvalue weighted by molar-refractivity contribution is 5.96. The predicted molar refractivity (Wildman–Crippen MR) is 81.8 cm³/mol. The number of anilines is 1. The number of hydrogen-bond donors (Lipinski definition) is 2. The van der Waals surface area contributed by atoms with E-state index < -0.39 is 0 Å². The van der Waals surface area contributed by atoms with Gasteiger partial charge in [0.25, 0.3) is 0 Å². The van der Waals surface area contributed by atoms with Crippen molar-refractivity contribution in [1.29, 1.82) is 0 Å². The minimum absolute atomic E-state index is 0.159. The number of H-pyrrole nitrogens is 1. The van der Waals surface area contributed by atoms with Crippen molar-refractivity contribution < 1.29 is 9.18 Å². The summed E-state index contributed by atoms with van der Waals surface area (Å²) >= 11 is 0. The molecule has 3 rings (SSSR count). The van der Waals surface area contributed by atoms with Crippen LogP contribution in [0, 0.1) is 12.7 Å². The van der Waals surface area contributed by atoms with Crippen LogP contribution in [0.5, 0.6) is 0 Å². The maximum atomic E-state index is 13.2. The first-order chi connectivity index (χ1) is 10.1. The van der Waals surface area contributed by atoms with Gasteiger partial charge in [0.05, 0.1) is 6.42 Å². The van der Waals surface area contributed by atoms with Crippen LogP contribution in [-0.2, 0) is 11.2 Å². The molecule has 2 N–H and O–H groups in total. The molecule has 1 amide bonds. The first kappa shape index (κ1) is 13.4. The average Bonchev–Trinajstić information content (AvgIpc) is 2.86. The van der Waals surface area contributed by atoms with Crippen LogP contribution in [0.3, 0.4) is 0 Å². The fraction of sp³-hybridized carbons (Fsp3) is 0.118. The Morgan fingerprint density at radius 2 is 2.05 bits per heavy atom. The summed E-state index contributed by atoms with van der Waals surface area (Å²) in [4.78, 5) is 15.3. The van der Waals surface area contributed by atoms with E-state index in [1.807, 2.05) is 37.4 Å². The van der Waals surface area contributed by atoms with Crippen molar-refractivity contribution in [2.45, 2.75) is 13.3 Å². The lowest BCUT2D eigenvalue weighted by atomic mass is 10.1. The fourth-order valence-electron chi connectivity index (χ4n) is 2.37. The second kappa shape index (κ2) is 5.40. The highest BCUT2D eigenvalue weighted by Crippen LogP contribution is 2.20. The molecule has 0 aliphatic rings. The van der Waals surface area contributed by atoms with Gasteiger partial charge < -0.3 is 10.3 Å². The number of halogens is 1. The van der Waals surface area contributed by atoms with Crippen molar-refractivity contribution in [3.05, 3.63) is 65.6 Å². The molecule has 21 heavy (non-hydrogen) atoms. The molecule has 0 bridgehead atoms. The number of hydrogen-bond acceptors (Lipinski definition) is 1. The Hall–Kier alpha value is -2.62. The monoisotopic (exact) mass is 282 g/mol. The van der Waals surface area contributed by atoms with E-state index in [0.29, 0.717) is 5.69 Å². The maximum Gasteiger partial charge on any atom is 0.228 e. The van der Waals surface area contributed by atoms with Crippen LogP contribution in [0.4, 0.5) is 10.1 Å². The van der Waals surface area contributed by atoms with Gasteiger partial charge in [-0.05, 0) is 36.2 Å². The van der Waals surface area contributed by atoms with Crippen molar-refractivity contribution in [2.75, 3.05) is 5.32 Å². The average molecular weight is 282 g/mol. The molecule has 0 spiro atoms. The number of aromatic nitrogens is 1. The summed E-state index contributed by atoms with van der Waals surface area (Å²) in [5.74, 6) is -0.517. The van der Waals surface area contributed by atoms with Gasteiger partial charge in [-0.25, -0.2) is 4.39 Å². The summed E-state index contributed by atoms with van der Waals surface area (Å²) in [6.45, 7) is 1.83. The molecule has 3 nitrogen and oxygen atoms in total. The Morgan fingerprint density at radius 1 is 1.24 bits per heavy atom. The third-order valence-corrected chi connectivity index (χ3v) is 3.50. The van der Waals surface area contributed by atoms with Gasteiger partial charge >= 0.3 is 0 Å². The first-order valence-electron chi connectivity index (χ1n) is 6.74. The van der Waals surface area contributed by atoms with E-state index >= 15 is 0 Å². The van der Waals surface area contributed by atoms with Crippen molar-refractivity contribution >= 4 is 22.5 Å². The van der Waals surface area contributed by atoms with Crippen LogP contribution in [0.1, 0.15) is 11.1 Å². The molecule has 0 aliphatic heterocycles. The van der Waals surface area contributed by atoms with Gasteiger partial charge in [0.2, 0.25) is 5.91 Å². The number of aromatic amines is 1. The summed E-state index contributed by atoms with van der Waals surface area (Å²) in [7, 11) is 0. The molecule has 2 aromatic carbocycles. The van der Waals surface area contributed by atoms with E-state index in [0.717, 1.165) is 22.0 Å². The summed E-state index contributed by atoms with van der Waals surface area (Å²) < 4.78 is 13.2. The lowest BCUT2D eigenvalue weighted by Gasteiger charge is -2.08. The van der Waals surface area contributed by atoms with Crippen molar-refractivity contribution in [3.63, 3.8) is 0 Å². The maximum absolute atomic E-state index is 13.2. The highest BCUT2D eigenvalue weighted by Gasteiger charge is 2.10. The lowest BCUT2D eigenvalue weighted by Crippen LogP contribution is -2.15. The number of carbonyl (C=O) groups is 1. The second-order valence-electron chi connectivity index (χ2n) is 5.04. The minimum atomic E-state index is -0.358. The number of amides is 1. The van der Waals surface area contributed by atoms with E-state index in [1.54, 1.807) is 6.07 Å². The van der Waals surface area contributed by atoms with Crippen molar-refractivity contribution in [2.24, 2.45) is 0 Å². The number of fused-ring (bicyclic) bond motifs is 1. The van der Waals surface area contributed by atoms with E-state index in [9.17, 15) is 9.18 Å². The summed E-state index contributed by atoms with van der Waals surface area (Å²) in [5.41, 5.74) is 3.28. The van der Waals surface area contributed by atoms with Gasteiger partial charge in [0, 0.05) is 22.8 Å². The smallest absolute Gasteiger partial charge is 0.228 e. The fourth-order valence-corrected chi connectivity index (χ4v) is 2.37. The van der Waals surface area contributed by atoms with Crippen molar-refractivity contribution in [1.82, 2.24) is 4.98 Å². The lowest BCUT2D eigenvalue weighted by molar-refractivity contribution is -0.115. The van der Waals surface area contributed by atoms with Crippen LogP contribution in [-0.4, -0.2) is 10.9 Å². The predicted octanol–water partition coefficient (Wildman–Crippen LogP) is 3.80. The molecule has 0 saturated carbocycles. The molecule has 0 unspecified atom stereocenters. The Labute approximate surface area is 121 Å². The molecular weight excluding hydrogens is 267 g/mol. The zero-order chi connectivity index (χ0) is 14.8. The summed E-state index contributed by atoms with van der Waals surface area (Å²) in [6, 6.07) is 12.2. The van der Waals surface area contributed by atoms with Crippen molar-refractivity contribution in [3.8, 4) is 0 Å². The zero-order valence-corrected chi connectivity index (χ0v) is 11.6. The largest absolute Gasteiger partial charge is 0.361 e. The molecule has 0 radical (unpaired) electrons. The van der Waals surface area contributed by atoms with Crippen LogP contribution >= 0.6 is 0 Å². The zero-order valence-electron chi connectivity index (χ0n) is 11.6. The van der Waals surface area contributed by atoms with E-state index in [-0.39, 0.29) is 18.1 Å². The normalized spacial score (nSPS) is 10.8. The Morgan fingerprint density at radius 3 is 2.90 bits per heavy atom. The second-order valence-corrected chi connectivity index (χ2v) is 5.04. The van der Waals surface area contributed by atoms with Gasteiger partial charge in [-0.1, -0.05) is 24.3 Å². The minimum Gasteiger partial charge on any atom is -0.361 e. The van der Waals surface area contributed by atoms with Gasteiger partial charge in [-0.15, -0.1) is 0 Å². The topological polar surface area (TPSA) is 44.9 Å². The SMILES string of the molecule is Cc1ccc(F)cc1NC(=O)Cc1c[nH]c2ccccc12. The summed E-state index contributed by atoms with van der Waals surface area (Å²) in [6.07, 6.45) is 2.09. The van der Waals surface area contributed by atoms with E-state index in [1.165, 1.54) is 12.1 Å². The molecule has 4 heteroatoms. The highest BCUT2D eigenvalue weighted by atomic mass is 19.1. The van der Waals surface area contributed by atoms with Gasteiger partial charge in [-0.3, -0.25) is 4.79 Å².